The molecule has 0 atom stereocenters. The van der Waals surface area contributed by atoms with E-state index in [1.807, 2.05) is 49.4 Å². The summed E-state index contributed by atoms with van der Waals surface area (Å²) in [7, 11) is -3.40. The summed E-state index contributed by atoms with van der Waals surface area (Å²) in [4.78, 5) is 17.5. The number of sulfone groups is 1. The normalized spacial score (nSPS) is 11.5. The van der Waals surface area contributed by atoms with Gasteiger partial charge < -0.3 is 5.32 Å². The number of fused-ring (bicyclic) bond motifs is 1. The number of hydrogen-bond acceptors (Lipinski definition) is 4. The van der Waals surface area contributed by atoms with E-state index in [-0.39, 0.29) is 15.5 Å². The maximum absolute atomic E-state index is 12.7. The lowest BCUT2D eigenvalue weighted by molar-refractivity contribution is 0.102. The fourth-order valence-corrected chi connectivity index (χ4v) is 4.25. The fraction of sp³-hybridized carbons (Fsp3) is 0.0833. The third kappa shape index (κ3) is 4.60. The number of carbonyl (C=O) groups is 1. The zero-order valence-corrected chi connectivity index (χ0v) is 18.5. The summed E-state index contributed by atoms with van der Waals surface area (Å²) in [5, 5.41) is 3.95. The van der Waals surface area contributed by atoms with Crippen molar-refractivity contribution in [3.63, 3.8) is 0 Å². The average Bonchev–Trinajstić information content (AvgIpc) is 2.72. The molecule has 0 aliphatic carbocycles. The number of rotatable bonds is 4. The van der Waals surface area contributed by atoms with Crippen LogP contribution in [-0.2, 0) is 9.84 Å². The molecule has 1 N–H and O–H groups in total. The molecule has 0 spiro atoms. The molecule has 4 aromatic rings. The summed E-state index contributed by atoms with van der Waals surface area (Å²) in [5.41, 5.74) is 4.50. The number of pyridine rings is 1. The third-order valence-electron chi connectivity index (χ3n) is 4.87. The van der Waals surface area contributed by atoms with Crippen LogP contribution in [0.2, 0.25) is 5.02 Å². The average molecular weight is 451 g/mol. The number of halogens is 1. The number of aromatic nitrogens is 1. The van der Waals surface area contributed by atoms with Crippen LogP contribution in [0.25, 0.3) is 22.2 Å². The van der Waals surface area contributed by atoms with Gasteiger partial charge in [-0.2, -0.15) is 0 Å². The second-order valence-corrected chi connectivity index (χ2v) is 9.76. The molecule has 7 heteroatoms. The second kappa shape index (κ2) is 8.13. The molecular formula is C24H19ClN2O3S. The van der Waals surface area contributed by atoms with E-state index in [0.717, 1.165) is 28.4 Å². The van der Waals surface area contributed by atoms with Gasteiger partial charge in [0.2, 0.25) is 0 Å². The highest BCUT2D eigenvalue weighted by molar-refractivity contribution is 7.90. The minimum Gasteiger partial charge on any atom is -0.322 e. The summed E-state index contributed by atoms with van der Waals surface area (Å²) < 4.78 is 23.3. The Hall–Kier alpha value is -3.22. The van der Waals surface area contributed by atoms with Crippen molar-refractivity contribution in [3.8, 4) is 11.3 Å². The maximum Gasteiger partial charge on any atom is 0.257 e. The van der Waals surface area contributed by atoms with Crippen molar-refractivity contribution in [2.24, 2.45) is 0 Å². The van der Waals surface area contributed by atoms with Gasteiger partial charge in [0.15, 0.2) is 9.84 Å². The predicted molar refractivity (Wildman–Crippen MR) is 124 cm³/mol. The number of amides is 1. The molecule has 0 aliphatic heterocycles. The molecule has 0 saturated heterocycles. The molecule has 31 heavy (non-hydrogen) atoms. The van der Waals surface area contributed by atoms with Crippen LogP contribution in [-0.4, -0.2) is 25.6 Å². The molecule has 1 aromatic heterocycles. The van der Waals surface area contributed by atoms with E-state index in [2.05, 4.69) is 11.4 Å². The maximum atomic E-state index is 12.7. The van der Waals surface area contributed by atoms with Crippen LogP contribution >= 0.6 is 11.6 Å². The summed E-state index contributed by atoms with van der Waals surface area (Å²) in [5.74, 6) is -0.427. The van der Waals surface area contributed by atoms with Gasteiger partial charge in [-0.05, 0) is 55.5 Å². The highest BCUT2D eigenvalue weighted by Crippen LogP contribution is 2.26. The van der Waals surface area contributed by atoms with Crippen molar-refractivity contribution < 1.29 is 13.2 Å². The zero-order valence-electron chi connectivity index (χ0n) is 16.9. The molecule has 156 valence electrons. The van der Waals surface area contributed by atoms with Gasteiger partial charge >= 0.3 is 0 Å². The lowest BCUT2D eigenvalue weighted by Gasteiger charge is -2.10. The molecule has 0 aliphatic rings. The predicted octanol–water partition coefficient (Wildman–Crippen LogP) is 5.52. The van der Waals surface area contributed by atoms with Crippen molar-refractivity contribution in [2.75, 3.05) is 11.6 Å². The largest absolute Gasteiger partial charge is 0.322 e. The number of nitrogens with zero attached hydrogens (tertiary/aromatic N) is 1. The second-order valence-electron chi connectivity index (χ2n) is 7.34. The Morgan fingerprint density at radius 3 is 2.52 bits per heavy atom. The lowest BCUT2D eigenvalue weighted by atomic mass is 10.1. The lowest BCUT2D eigenvalue weighted by Crippen LogP contribution is -2.13. The number of anilines is 1. The number of carbonyl (C=O) groups excluding carboxylic acids is 1. The number of aryl methyl sites for hydroxylation is 1. The highest BCUT2D eigenvalue weighted by Gasteiger charge is 2.15. The van der Waals surface area contributed by atoms with Crippen LogP contribution in [0, 0.1) is 6.92 Å². The van der Waals surface area contributed by atoms with Crippen LogP contribution in [0.3, 0.4) is 0 Å². The van der Waals surface area contributed by atoms with Crippen molar-refractivity contribution in [1.82, 2.24) is 4.98 Å². The van der Waals surface area contributed by atoms with E-state index >= 15 is 0 Å². The molecule has 0 fully saturated rings. The van der Waals surface area contributed by atoms with Gasteiger partial charge in [0.1, 0.15) is 0 Å². The van der Waals surface area contributed by atoms with Gasteiger partial charge in [-0.25, -0.2) is 13.4 Å². The van der Waals surface area contributed by atoms with Gasteiger partial charge in [0.25, 0.3) is 5.91 Å². The molecule has 1 heterocycles. The molecule has 0 bridgehead atoms. The van der Waals surface area contributed by atoms with Crippen LogP contribution in [0.4, 0.5) is 5.69 Å². The van der Waals surface area contributed by atoms with Gasteiger partial charge in [-0.1, -0.05) is 41.4 Å². The van der Waals surface area contributed by atoms with E-state index in [4.69, 9.17) is 16.6 Å². The van der Waals surface area contributed by atoms with Crippen molar-refractivity contribution >= 4 is 43.9 Å². The van der Waals surface area contributed by atoms with Gasteiger partial charge in [-0.15, -0.1) is 0 Å². The Labute approximate surface area is 185 Å². The molecule has 1 amide bonds. The van der Waals surface area contributed by atoms with Gasteiger partial charge in [0.05, 0.1) is 26.7 Å². The van der Waals surface area contributed by atoms with Crippen molar-refractivity contribution in [3.05, 3.63) is 88.9 Å². The van der Waals surface area contributed by atoms with Crippen LogP contribution in [0.15, 0.2) is 77.7 Å². The fourth-order valence-electron chi connectivity index (χ4n) is 3.27. The Morgan fingerprint density at radius 2 is 1.77 bits per heavy atom. The van der Waals surface area contributed by atoms with E-state index in [1.54, 1.807) is 6.07 Å². The Balaban J connectivity index is 1.60. The quantitative estimate of drug-likeness (QED) is 0.444. The summed E-state index contributed by atoms with van der Waals surface area (Å²) in [6, 6.07) is 21.5. The van der Waals surface area contributed by atoms with Gasteiger partial charge in [-0.3, -0.25) is 4.79 Å². The van der Waals surface area contributed by atoms with Crippen LogP contribution in [0.1, 0.15) is 15.9 Å². The Kier molecular flexibility index (Phi) is 5.52. The van der Waals surface area contributed by atoms with Crippen molar-refractivity contribution in [2.45, 2.75) is 11.8 Å². The molecule has 0 radical (unpaired) electrons. The van der Waals surface area contributed by atoms with Crippen molar-refractivity contribution in [1.29, 1.82) is 0 Å². The van der Waals surface area contributed by atoms with Crippen LogP contribution in [0.5, 0.6) is 0 Å². The summed E-state index contributed by atoms with van der Waals surface area (Å²) >= 11 is 6.15. The Morgan fingerprint density at radius 1 is 0.968 bits per heavy atom. The van der Waals surface area contributed by atoms with E-state index in [9.17, 15) is 13.2 Å². The number of hydrogen-bond donors (Lipinski definition) is 1. The first-order chi connectivity index (χ1) is 14.7. The Bertz CT molecular complexity index is 1430. The number of nitrogens with one attached hydrogen (secondary N) is 1. The minimum atomic E-state index is -3.40. The topological polar surface area (TPSA) is 76.1 Å². The first-order valence-electron chi connectivity index (χ1n) is 9.49. The summed E-state index contributed by atoms with van der Waals surface area (Å²) in [6.07, 6.45) is 1.09. The molecule has 5 nitrogen and oxygen atoms in total. The molecule has 3 aromatic carbocycles. The molecular weight excluding hydrogens is 432 g/mol. The minimum absolute atomic E-state index is 0.0635. The third-order valence-corrected chi connectivity index (χ3v) is 6.30. The SMILES string of the molecule is Cc1ccc2nc(-c3cccc(NC(=O)c4ccc(S(C)(=O)=O)cc4Cl)c3)ccc2c1. The highest BCUT2D eigenvalue weighted by atomic mass is 35.5. The van der Waals surface area contributed by atoms with Gasteiger partial charge in [0, 0.05) is 22.9 Å². The van der Waals surface area contributed by atoms with E-state index in [1.165, 1.54) is 23.8 Å². The molecule has 0 saturated carbocycles. The summed E-state index contributed by atoms with van der Waals surface area (Å²) in [6.45, 7) is 2.04. The van der Waals surface area contributed by atoms with E-state index in [0.29, 0.717) is 5.69 Å². The first-order valence-corrected chi connectivity index (χ1v) is 11.8. The van der Waals surface area contributed by atoms with E-state index < -0.39 is 15.7 Å². The first kappa shape index (κ1) is 21.0. The molecule has 0 unspecified atom stereocenters. The standard InChI is InChI=1S/C24H19ClN2O3S/c1-15-6-10-22-17(12-15)7-11-23(27-22)16-4-3-5-18(13-16)26-24(28)20-9-8-19(14-21(20)25)31(2,29)30/h3-14H,1-2H3,(H,26,28). The monoisotopic (exact) mass is 450 g/mol. The zero-order chi connectivity index (χ0) is 22.2. The number of benzene rings is 3. The smallest absolute Gasteiger partial charge is 0.257 e. The molecule has 4 rings (SSSR count). The van der Waals surface area contributed by atoms with Crippen LogP contribution < -0.4 is 5.32 Å².